The number of methoxy groups -OCH3 is 1. The van der Waals surface area contributed by atoms with Crippen molar-refractivity contribution >= 4 is 0 Å². The van der Waals surface area contributed by atoms with E-state index in [1.165, 1.54) is 11.1 Å². The summed E-state index contributed by atoms with van der Waals surface area (Å²) in [4.78, 5) is 0. The largest absolute Gasteiger partial charge is 0.388 e. The molecule has 84 valence electrons. The molecule has 14 heavy (non-hydrogen) atoms. The van der Waals surface area contributed by atoms with Crippen molar-refractivity contribution < 1.29 is 4.74 Å². The van der Waals surface area contributed by atoms with Crippen LogP contribution in [-0.2, 0) is 4.74 Å². The molecule has 1 rings (SSSR count). The van der Waals surface area contributed by atoms with E-state index >= 15 is 0 Å². The highest BCUT2D eigenvalue weighted by molar-refractivity contribution is 5.23. The van der Waals surface area contributed by atoms with Crippen LogP contribution in [-0.4, -0.2) is 14.2 Å². The molecule has 0 saturated heterocycles. The van der Waals surface area contributed by atoms with E-state index in [1.54, 1.807) is 14.2 Å². The molecule has 0 saturated carbocycles. The van der Waals surface area contributed by atoms with E-state index in [1.807, 2.05) is 13.8 Å². The summed E-state index contributed by atoms with van der Waals surface area (Å²) in [5, 5.41) is 0. The van der Waals surface area contributed by atoms with Crippen LogP contribution in [0.25, 0.3) is 0 Å². The molecule has 0 bridgehead atoms. The maximum atomic E-state index is 4.25. The van der Waals surface area contributed by atoms with E-state index in [-0.39, 0.29) is 7.43 Å². The molecule has 1 nitrogen and oxygen atoms in total. The summed E-state index contributed by atoms with van der Waals surface area (Å²) in [5.74, 6) is 0. The molecule has 0 aliphatic rings. The fraction of sp³-hybridized carbons (Fsp3) is 0.538. The summed E-state index contributed by atoms with van der Waals surface area (Å²) in [6.45, 7) is 8.24. The maximum Gasteiger partial charge on any atom is 0.0351 e. The third kappa shape index (κ3) is 11.2. The lowest BCUT2D eigenvalue weighted by molar-refractivity contribution is 0.277. The SMILES string of the molecule is C.CC.COC.Cc1ccccc1C. The fourth-order valence-corrected chi connectivity index (χ4v) is 0.663. The average Bonchev–Trinajstić information content (AvgIpc) is 2.15. The lowest BCUT2D eigenvalue weighted by Crippen LogP contribution is -1.74. The Morgan fingerprint density at radius 1 is 0.857 bits per heavy atom. The van der Waals surface area contributed by atoms with Gasteiger partial charge < -0.3 is 4.74 Å². The van der Waals surface area contributed by atoms with Crippen molar-refractivity contribution in [1.82, 2.24) is 0 Å². The molecule has 0 spiro atoms. The summed E-state index contributed by atoms with van der Waals surface area (Å²) < 4.78 is 4.25. The molecule has 0 unspecified atom stereocenters. The van der Waals surface area contributed by atoms with Gasteiger partial charge in [0.1, 0.15) is 0 Å². The molecule has 0 radical (unpaired) electrons. The van der Waals surface area contributed by atoms with Crippen LogP contribution in [0.1, 0.15) is 32.4 Å². The minimum absolute atomic E-state index is 0. The van der Waals surface area contributed by atoms with Crippen LogP contribution < -0.4 is 0 Å². The number of hydrogen-bond acceptors (Lipinski definition) is 1. The normalized spacial score (nSPS) is 7.00. The smallest absolute Gasteiger partial charge is 0.0351 e. The van der Waals surface area contributed by atoms with Gasteiger partial charge in [0.25, 0.3) is 0 Å². The lowest BCUT2D eigenvalue weighted by atomic mass is 10.1. The Balaban J connectivity index is -0.000000176. The van der Waals surface area contributed by atoms with Crippen molar-refractivity contribution in [1.29, 1.82) is 0 Å². The van der Waals surface area contributed by atoms with Gasteiger partial charge in [0.15, 0.2) is 0 Å². The number of rotatable bonds is 0. The number of aryl methyl sites for hydroxylation is 2. The van der Waals surface area contributed by atoms with Gasteiger partial charge in [-0.2, -0.15) is 0 Å². The van der Waals surface area contributed by atoms with Crippen molar-refractivity contribution in [2.24, 2.45) is 0 Å². The van der Waals surface area contributed by atoms with Crippen LogP contribution in [0.3, 0.4) is 0 Å². The number of hydrogen-bond donors (Lipinski definition) is 0. The van der Waals surface area contributed by atoms with E-state index in [4.69, 9.17) is 0 Å². The Labute approximate surface area is 90.1 Å². The van der Waals surface area contributed by atoms with Gasteiger partial charge in [-0.15, -0.1) is 0 Å². The van der Waals surface area contributed by atoms with E-state index in [0.717, 1.165) is 0 Å². The molecule has 0 aliphatic carbocycles. The number of ether oxygens (including phenoxy) is 1. The molecule has 1 heteroatoms. The Morgan fingerprint density at radius 2 is 1.07 bits per heavy atom. The minimum atomic E-state index is 0. The lowest BCUT2D eigenvalue weighted by Gasteiger charge is -1.93. The summed E-state index contributed by atoms with van der Waals surface area (Å²) >= 11 is 0. The first-order valence-electron chi connectivity index (χ1n) is 4.64. The van der Waals surface area contributed by atoms with Gasteiger partial charge in [-0.25, -0.2) is 0 Å². The van der Waals surface area contributed by atoms with Crippen molar-refractivity contribution in [3.63, 3.8) is 0 Å². The molecule has 0 atom stereocenters. The van der Waals surface area contributed by atoms with E-state index < -0.39 is 0 Å². The molecule has 0 heterocycles. The zero-order chi connectivity index (χ0) is 10.7. The standard InChI is InChI=1S/C8H10.C2H6O.C2H6.CH4/c1-7-5-3-4-6-8(7)2;1-3-2;1-2;/h3-6H,1-2H3;1-2H3;1-2H3;1H4. The molecule has 0 fully saturated rings. The minimum Gasteiger partial charge on any atom is -0.388 e. The van der Waals surface area contributed by atoms with Gasteiger partial charge in [0.05, 0.1) is 0 Å². The van der Waals surface area contributed by atoms with Gasteiger partial charge in [0, 0.05) is 14.2 Å². The van der Waals surface area contributed by atoms with Crippen molar-refractivity contribution in [2.75, 3.05) is 14.2 Å². The van der Waals surface area contributed by atoms with E-state index in [0.29, 0.717) is 0 Å². The Kier molecular flexibility index (Phi) is 19.8. The fourth-order valence-electron chi connectivity index (χ4n) is 0.663. The van der Waals surface area contributed by atoms with Crippen molar-refractivity contribution in [3.05, 3.63) is 35.4 Å². The summed E-state index contributed by atoms with van der Waals surface area (Å²) in [5.41, 5.74) is 2.74. The van der Waals surface area contributed by atoms with Gasteiger partial charge in [-0.05, 0) is 25.0 Å². The molecule has 0 aliphatic heterocycles. The Morgan fingerprint density at radius 3 is 1.21 bits per heavy atom. The first-order valence-corrected chi connectivity index (χ1v) is 4.64. The molecule has 0 aromatic heterocycles. The Hall–Kier alpha value is -0.820. The highest BCUT2D eigenvalue weighted by atomic mass is 16.4. The summed E-state index contributed by atoms with van der Waals surface area (Å²) in [6, 6.07) is 8.36. The highest BCUT2D eigenvalue weighted by Crippen LogP contribution is 2.02. The predicted octanol–water partition coefficient (Wildman–Crippen LogP) is 4.23. The summed E-state index contributed by atoms with van der Waals surface area (Å²) in [6.07, 6.45) is 0. The third-order valence-electron chi connectivity index (χ3n) is 1.43. The molecular weight excluding hydrogens is 172 g/mol. The van der Waals surface area contributed by atoms with Gasteiger partial charge in [0.2, 0.25) is 0 Å². The zero-order valence-electron chi connectivity index (χ0n) is 9.72. The second-order valence-electron chi connectivity index (χ2n) is 2.49. The zero-order valence-corrected chi connectivity index (χ0v) is 9.72. The maximum absolute atomic E-state index is 4.25. The molecule has 0 N–H and O–H groups in total. The quantitative estimate of drug-likeness (QED) is 0.606. The van der Waals surface area contributed by atoms with Crippen LogP contribution in [0, 0.1) is 13.8 Å². The molecule has 1 aromatic carbocycles. The van der Waals surface area contributed by atoms with Crippen LogP contribution in [0.5, 0.6) is 0 Å². The van der Waals surface area contributed by atoms with Crippen LogP contribution in [0.4, 0.5) is 0 Å². The van der Waals surface area contributed by atoms with Gasteiger partial charge in [-0.1, -0.05) is 45.5 Å². The van der Waals surface area contributed by atoms with Crippen LogP contribution >= 0.6 is 0 Å². The van der Waals surface area contributed by atoms with Crippen molar-refractivity contribution in [3.8, 4) is 0 Å². The molecular formula is C13H26O. The van der Waals surface area contributed by atoms with E-state index in [9.17, 15) is 0 Å². The average molecular weight is 198 g/mol. The second-order valence-corrected chi connectivity index (χ2v) is 2.49. The van der Waals surface area contributed by atoms with Crippen LogP contribution in [0.15, 0.2) is 24.3 Å². The van der Waals surface area contributed by atoms with E-state index in [2.05, 4.69) is 42.8 Å². The van der Waals surface area contributed by atoms with Crippen molar-refractivity contribution in [2.45, 2.75) is 35.1 Å². The monoisotopic (exact) mass is 198 g/mol. The van der Waals surface area contributed by atoms with Gasteiger partial charge >= 0.3 is 0 Å². The molecule has 0 amide bonds. The highest BCUT2D eigenvalue weighted by Gasteiger charge is 1.83. The predicted molar refractivity (Wildman–Crippen MR) is 66.9 cm³/mol. The topological polar surface area (TPSA) is 9.23 Å². The molecule has 1 aromatic rings. The van der Waals surface area contributed by atoms with Gasteiger partial charge in [-0.3, -0.25) is 0 Å². The Bertz CT molecular complexity index is 173. The van der Waals surface area contributed by atoms with Crippen LogP contribution in [0.2, 0.25) is 0 Å². The first kappa shape index (κ1) is 18.9. The first-order chi connectivity index (χ1) is 6.22. The third-order valence-corrected chi connectivity index (χ3v) is 1.43. The summed E-state index contributed by atoms with van der Waals surface area (Å²) in [7, 11) is 3.25. The number of benzene rings is 1. The second kappa shape index (κ2) is 14.7.